The molecular weight excluding hydrogens is 1050 g/mol. The largest absolute Gasteiger partial charge is 0.508 e. The van der Waals surface area contributed by atoms with Crippen LogP contribution < -0.4 is 17.2 Å². The number of amides is 1. The Bertz CT molecular complexity index is 1410. The van der Waals surface area contributed by atoms with Crippen molar-refractivity contribution in [3.05, 3.63) is 48.0 Å². The number of Topliss-reactive ketones (excluding diaryl/α,β-unsaturated/α-hetero) is 1. The number of rotatable bonds is 18. The number of imidazole rings is 1. The molecule has 0 aliphatic heterocycles. The topological polar surface area (TPSA) is 225 Å². The number of hydrogen-bond donors (Lipinski definition) is 8. The van der Waals surface area contributed by atoms with Crippen LogP contribution in [0.25, 0.3) is 0 Å². The number of nitrogens with one attached hydrogen (secondary N) is 2. The molecule has 2 rings (SSSR count). The van der Waals surface area contributed by atoms with Crippen LogP contribution in [0.5, 0.6) is 5.75 Å². The second-order valence-electron chi connectivity index (χ2n) is 26.8. The molecule has 0 aliphatic carbocycles. The molecule has 0 bridgehead atoms. The van der Waals surface area contributed by atoms with E-state index in [9.17, 15) is 9.59 Å². The Kier molecular flexibility index (Phi) is 97.5. The number of amidine groups is 1. The Labute approximate surface area is 525 Å². The van der Waals surface area contributed by atoms with Gasteiger partial charge in [0, 0.05) is 37.8 Å². The number of nitrogens with two attached hydrogens (primary N) is 3. The summed E-state index contributed by atoms with van der Waals surface area (Å²) in [5, 5.41) is 32.6. The maximum atomic E-state index is 10.3. The summed E-state index contributed by atoms with van der Waals surface area (Å²) in [4.78, 5) is 27.2. The summed E-state index contributed by atoms with van der Waals surface area (Å²) in [5.41, 5.74) is 17.6. The van der Waals surface area contributed by atoms with Crippen LogP contribution in [0, 0.1) is 82.3 Å². The molecule has 11 N–H and O–H groups in total. The normalized spacial score (nSPS) is 10.7. The quantitative estimate of drug-likeness (QED) is 0.0524. The van der Waals surface area contributed by atoms with E-state index in [4.69, 9.17) is 37.9 Å². The molecule has 11 nitrogen and oxygen atoms in total. The Hall–Kier alpha value is -2.93. The van der Waals surface area contributed by atoms with Gasteiger partial charge in [-0.3, -0.25) is 10.2 Å². The third-order valence-corrected chi connectivity index (χ3v) is 11.1. The lowest BCUT2D eigenvalue weighted by molar-refractivity contribution is -0.119. The van der Waals surface area contributed by atoms with Crippen LogP contribution in [0.3, 0.4) is 0 Å². The zero-order chi connectivity index (χ0) is 68.6. The number of carbonyl (C=O) groups excluding carboxylic acids is 2. The molecule has 0 aliphatic rings. The van der Waals surface area contributed by atoms with Gasteiger partial charge in [-0.05, 0) is 146 Å². The Balaban J connectivity index is -0.0000000760. The van der Waals surface area contributed by atoms with Gasteiger partial charge in [0.1, 0.15) is 11.5 Å². The van der Waals surface area contributed by atoms with Gasteiger partial charge in [-0.1, -0.05) is 240 Å². The van der Waals surface area contributed by atoms with Crippen molar-refractivity contribution in [2.24, 2.45) is 94.1 Å². The summed E-state index contributed by atoms with van der Waals surface area (Å²) in [5.74, 6) is 11.4. The number of phenols is 1. The lowest BCUT2D eigenvalue weighted by Gasteiger charge is -2.10. The highest BCUT2D eigenvalue weighted by Gasteiger charge is 2.02. The molecule has 2 aromatic rings. The van der Waals surface area contributed by atoms with E-state index in [1.54, 1.807) is 32.3 Å². The molecule has 1 aromatic carbocycles. The first-order valence-electron chi connectivity index (χ1n) is 32.1. The molecule has 0 radical (unpaired) electrons. The van der Waals surface area contributed by atoms with Crippen molar-refractivity contribution in [2.75, 3.05) is 25.2 Å². The molecule has 12 heteroatoms. The number of phenolic OH excluding ortho intramolecular Hbond substituents is 1. The van der Waals surface area contributed by atoms with Gasteiger partial charge in [0.15, 0.2) is 0 Å². The number of H-pyrrole nitrogens is 1. The average Bonchev–Trinajstić information content (AvgIpc) is 3.88. The van der Waals surface area contributed by atoms with E-state index in [1.165, 1.54) is 36.3 Å². The monoisotopic (exact) mass is 1200 g/mol. The van der Waals surface area contributed by atoms with Crippen molar-refractivity contribution in [3.8, 4) is 5.75 Å². The number of carbonyl (C=O) groups is 2. The minimum absolute atomic E-state index is 0.148. The standard InChI is InChI=1S/C10H14O.C7H16.C6H10N2.C6H12O.C6H14S.C6H14.C5H12N2.C5H11NO.C5H12O.C4H11N.C4H10O.C4H10.C3H8/c1-8(2)7-9-3-5-10(11)6-4-9;1-5-7(4)6(2)3;1-5(2)6-3-7-4-8-6;1-5(2)4-6(3)7;1-6(2)4-5-7-3;1-5(2)6(3)4;2*1-4(2)3-5(6)7;1-4(2)5(3)6;2*1-4(2)3-5;1-4(2)3;1-3-2/h3-6,8,11H,7H2,1-2H3;6-7H,5H2,1-4H3;3-5H,1-2H3,(H,7,8);5H,4H2,1-3H3;6H,4-5H2,1-3H3;5-6H,1-4H3;4H,3H2,1-2H3,(H3,6,7);4H,3H2,1-2H3,(H2,6,7);4-6H,1-3H3;4H,3,5H2,1-2H3;4-5H,3H2,1-2H3;4H,1-3H3;3H2,1-2H3. The van der Waals surface area contributed by atoms with Gasteiger partial charge in [-0.25, -0.2) is 4.98 Å². The third-order valence-electron chi connectivity index (χ3n) is 10.5. The smallest absolute Gasteiger partial charge is 0.217 e. The molecule has 504 valence electrons. The first-order chi connectivity index (χ1) is 37.8. The van der Waals surface area contributed by atoms with E-state index < -0.39 is 0 Å². The van der Waals surface area contributed by atoms with Gasteiger partial charge in [-0.15, -0.1) is 0 Å². The zero-order valence-electron chi connectivity index (χ0n) is 61.9. The number of aliphatic hydroxyl groups excluding tert-OH is 2. The van der Waals surface area contributed by atoms with Crippen LogP contribution in [0.2, 0.25) is 0 Å². The fourth-order valence-electron chi connectivity index (χ4n) is 3.93. The molecule has 2 unspecified atom stereocenters. The number of aromatic amines is 1. The third kappa shape index (κ3) is 149. The maximum Gasteiger partial charge on any atom is 0.217 e. The van der Waals surface area contributed by atoms with Gasteiger partial charge in [0.25, 0.3) is 0 Å². The van der Waals surface area contributed by atoms with Crippen LogP contribution in [0.1, 0.15) is 284 Å². The van der Waals surface area contributed by atoms with Gasteiger partial charge in [0.05, 0.1) is 18.3 Å². The summed E-state index contributed by atoms with van der Waals surface area (Å²) < 4.78 is 0. The highest BCUT2D eigenvalue weighted by Crippen LogP contribution is 2.14. The fourth-order valence-corrected chi connectivity index (χ4v) is 4.63. The minimum Gasteiger partial charge on any atom is -0.508 e. The van der Waals surface area contributed by atoms with Gasteiger partial charge in [0.2, 0.25) is 5.91 Å². The highest BCUT2D eigenvalue weighted by atomic mass is 32.2. The number of benzene rings is 1. The molecule has 1 heterocycles. The lowest BCUT2D eigenvalue weighted by atomic mass is 9.96. The van der Waals surface area contributed by atoms with Gasteiger partial charge < -0.3 is 42.3 Å². The molecule has 0 saturated carbocycles. The number of aliphatic hydroxyl groups is 2. The molecule has 0 saturated heterocycles. The van der Waals surface area contributed by atoms with Crippen molar-refractivity contribution in [3.63, 3.8) is 0 Å². The fraction of sp³-hybridized carbons (Fsp3) is 0.831. The van der Waals surface area contributed by atoms with Crippen LogP contribution in [0.15, 0.2) is 36.8 Å². The Morgan fingerprint density at radius 1 is 0.602 bits per heavy atom. The summed E-state index contributed by atoms with van der Waals surface area (Å²) in [7, 11) is 0. The lowest BCUT2D eigenvalue weighted by Crippen LogP contribution is -2.12. The zero-order valence-corrected chi connectivity index (χ0v) is 62.8. The van der Waals surface area contributed by atoms with Crippen LogP contribution in [-0.4, -0.2) is 74.1 Å². The van der Waals surface area contributed by atoms with E-state index in [1.807, 2.05) is 99.3 Å². The van der Waals surface area contributed by atoms with Crippen molar-refractivity contribution in [2.45, 2.75) is 285 Å². The number of ketones is 1. The van der Waals surface area contributed by atoms with E-state index in [0.717, 1.165) is 61.3 Å². The second kappa shape index (κ2) is 77.1. The second-order valence-corrected chi connectivity index (χ2v) is 27.8. The number of aromatic hydroxyl groups is 1. The highest BCUT2D eigenvalue weighted by molar-refractivity contribution is 7.98. The predicted octanol–water partition coefficient (Wildman–Crippen LogP) is 20.0. The summed E-state index contributed by atoms with van der Waals surface area (Å²) >= 11 is 1.93. The van der Waals surface area contributed by atoms with E-state index in [2.05, 4.69) is 162 Å². The molecule has 0 spiro atoms. The van der Waals surface area contributed by atoms with Gasteiger partial charge >= 0.3 is 0 Å². The molecule has 83 heavy (non-hydrogen) atoms. The van der Waals surface area contributed by atoms with E-state index in [0.29, 0.717) is 66.1 Å². The number of aromatic nitrogens is 2. The van der Waals surface area contributed by atoms with Crippen molar-refractivity contribution in [1.82, 2.24) is 9.97 Å². The summed E-state index contributed by atoms with van der Waals surface area (Å²) in [6, 6.07) is 7.40. The van der Waals surface area contributed by atoms with E-state index >= 15 is 0 Å². The van der Waals surface area contributed by atoms with E-state index in [-0.39, 0.29) is 23.6 Å². The summed E-state index contributed by atoms with van der Waals surface area (Å²) in [6.45, 7) is 70.7. The van der Waals surface area contributed by atoms with Crippen molar-refractivity contribution < 1.29 is 24.9 Å². The predicted molar refractivity (Wildman–Crippen MR) is 380 cm³/mol. The number of thioether (sulfide) groups is 1. The first kappa shape index (κ1) is 105. The maximum absolute atomic E-state index is 10.3. The minimum atomic E-state index is -0.213. The molecule has 1 aromatic heterocycles. The van der Waals surface area contributed by atoms with Crippen LogP contribution >= 0.6 is 11.8 Å². The molecular formula is C71H154N6O5S. The van der Waals surface area contributed by atoms with Crippen molar-refractivity contribution in [1.29, 1.82) is 5.41 Å². The Morgan fingerprint density at radius 2 is 0.964 bits per heavy atom. The number of nitrogens with zero attached hydrogens (tertiary/aromatic N) is 1. The number of primary amides is 1. The first-order valence-corrected chi connectivity index (χ1v) is 33.5. The molecule has 2 atom stereocenters. The summed E-state index contributed by atoms with van der Waals surface area (Å²) in [6.07, 6.45) is 12.5. The van der Waals surface area contributed by atoms with Crippen molar-refractivity contribution >= 4 is 29.3 Å². The molecule has 1 amide bonds. The van der Waals surface area contributed by atoms with Gasteiger partial charge in [-0.2, -0.15) is 11.8 Å². The Morgan fingerprint density at radius 3 is 1.06 bits per heavy atom. The average molecular weight is 1200 g/mol. The SMILES string of the molecule is CC(=O)CC(C)C.CC(C)C.CC(C)C(C)C.CC(C)C(C)O.CC(C)CC(=N)N.CC(C)CC(N)=O.CC(C)CN.CC(C)CO.CC(C)Cc1ccc(O)cc1.CC(C)c1cnc[nH]1.CCC.CCC(C)C(C)C.CSCCC(C)C. The number of hydrogen-bond acceptors (Lipinski definition) is 9. The van der Waals surface area contributed by atoms with Crippen LogP contribution in [0.4, 0.5) is 0 Å². The van der Waals surface area contributed by atoms with Crippen LogP contribution in [-0.2, 0) is 16.0 Å². The molecule has 0 fully saturated rings.